The van der Waals surface area contributed by atoms with Crippen LogP contribution in [0.4, 0.5) is 0 Å². The number of hydrogen-bond acceptors (Lipinski definition) is 4. The molecule has 3 rings (SSSR count). The van der Waals surface area contributed by atoms with Gasteiger partial charge in [0, 0.05) is 38.6 Å². The molecule has 6 nitrogen and oxygen atoms in total. The first-order chi connectivity index (χ1) is 11.2. The molecule has 0 spiro atoms. The Morgan fingerprint density at radius 3 is 2.96 bits per heavy atom. The number of benzene rings is 1. The van der Waals surface area contributed by atoms with Gasteiger partial charge in [-0.2, -0.15) is 0 Å². The molecule has 6 heteroatoms. The van der Waals surface area contributed by atoms with Crippen LogP contribution in [0.1, 0.15) is 19.8 Å². The summed E-state index contributed by atoms with van der Waals surface area (Å²) in [4.78, 5) is 26.2. The molecule has 1 aliphatic heterocycles. The van der Waals surface area contributed by atoms with E-state index in [4.69, 9.17) is 9.15 Å². The second-order valence-corrected chi connectivity index (χ2v) is 5.90. The fraction of sp³-hybridized carbons (Fsp3) is 0.529. The number of fused-ring (bicyclic) bond motifs is 1. The predicted molar refractivity (Wildman–Crippen MR) is 86.3 cm³/mol. The Hall–Kier alpha value is -2.08. The molecular weight excluding hydrogens is 296 g/mol. The second-order valence-electron chi connectivity index (χ2n) is 5.90. The molecule has 0 aliphatic carbocycles. The fourth-order valence-corrected chi connectivity index (χ4v) is 3.04. The quantitative estimate of drug-likeness (QED) is 0.815. The van der Waals surface area contributed by atoms with E-state index in [1.54, 1.807) is 6.07 Å². The highest BCUT2D eigenvalue weighted by atomic mass is 16.5. The molecule has 1 aromatic carbocycles. The molecule has 1 amide bonds. The lowest BCUT2D eigenvalue weighted by molar-refractivity contribution is -0.131. The van der Waals surface area contributed by atoms with E-state index < -0.39 is 5.76 Å². The van der Waals surface area contributed by atoms with Crippen molar-refractivity contribution in [3.8, 4) is 0 Å². The van der Waals surface area contributed by atoms with Gasteiger partial charge in [0.25, 0.3) is 0 Å². The number of rotatable bonds is 6. The van der Waals surface area contributed by atoms with Crippen molar-refractivity contribution in [2.24, 2.45) is 5.92 Å². The Bertz CT molecular complexity index is 728. The number of ether oxygens (including phenoxy) is 1. The van der Waals surface area contributed by atoms with E-state index in [0.717, 1.165) is 31.7 Å². The van der Waals surface area contributed by atoms with E-state index in [2.05, 4.69) is 0 Å². The minimum absolute atomic E-state index is 0.0663. The molecule has 2 aromatic rings. The Labute approximate surface area is 134 Å². The van der Waals surface area contributed by atoms with Crippen LogP contribution < -0.4 is 5.76 Å². The number of oxazole rings is 1. The third-order valence-electron chi connectivity index (χ3n) is 4.36. The van der Waals surface area contributed by atoms with Gasteiger partial charge in [-0.3, -0.25) is 9.36 Å². The van der Waals surface area contributed by atoms with Gasteiger partial charge in [0.2, 0.25) is 5.91 Å². The number of amides is 1. The zero-order chi connectivity index (χ0) is 16.2. The van der Waals surface area contributed by atoms with Crippen LogP contribution in [-0.4, -0.2) is 41.7 Å². The molecule has 1 fully saturated rings. The summed E-state index contributed by atoms with van der Waals surface area (Å²) < 4.78 is 12.1. The Balaban J connectivity index is 1.64. The second kappa shape index (κ2) is 7.00. The highest BCUT2D eigenvalue weighted by molar-refractivity contribution is 5.77. The van der Waals surface area contributed by atoms with Crippen LogP contribution in [-0.2, 0) is 16.1 Å². The number of aryl methyl sites for hydroxylation is 1. The van der Waals surface area contributed by atoms with Crippen LogP contribution in [0.2, 0.25) is 0 Å². The first-order valence-corrected chi connectivity index (χ1v) is 8.13. The van der Waals surface area contributed by atoms with Crippen LogP contribution in [0.5, 0.6) is 0 Å². The number of carbonyl (C=O) groups is 1. The van der Waals surface area contributed by atoms with Crippen molar-refractivity contribution in [3.63, 3.8) is 0 Å². The van der Waals surface area contributed by atoms with Gasteiger partial charge in [0.1, 0.15) is 0 Å². The third-order valence-corrected chi connectivity index (χ3v) is 4.36. The molecule has 0 N–H and O–H groups in total. The molecule has 124 valence electrons. The van der Waals surface area contributed by atoms with E-state index >= 15 is 0 Å². The van der Waals surface area contributed by atoms with Crippen LogP contribution in [0.25, 0.3) is 11.1 Å². The molecule has 0 unspecified atom stereocenters. The maximum atomic E-state index is 12.4. The van der Waals surface area contributed by atoms with E-state index in [-0.39, 0.29) is 5.91 Å². The Morgan fingerprint density at radius 1 is 1.39 bits per heavy atom. The first kappa shape index (κ1) is 15.8. The molecule has 1 aromatic heterocycles. The molecule has 0 saturated carbocycles. The maximum Gasteiger partial charge on any atom is 0.419 e. The summed E-state index contributed by atoms with van der Waals surface area (Å²) in [6.07, 6.45) is 1.31. The largest absolute Gasteiger partial charge is 0.419 e. The number of aromatic nitrogens is 1. The van der Waals surface area contributed by atoms with Crippen molar-refractivity contribution in [2.45, 2.75) is 26.3 Å². The Morgan fingerprint density at radius 2 is 2.22 bits per heavy atom. The molecule has 1 atom stereocenters. The summed E-state index contributed by atoms with van der Waals surface area (Å²) in [5.74, 6) is 0.0826. The lowest BCUT2D eigenvalue weighted by Gasteiger charge is -2.23. The topological polar surface area (TPSA) is 64.7 Å². The van der Waals surface area contributed by atoms with Crippen molar-refractivity contribution in [1.82, 2.24) is 9.47 Å². The van der Waals surface area contributed by atoms with Crippen molar-refractivity contribution >= 4 is 17.0 Å². The molecule has 23 heavy (non-hydrogen) atoms. The van der Waals surface area contributed by atoms with Gasteiger partial charge in [0.15, 0.2) is 5.58 Å². The smallest absolute Gasteiger partial charge is 0.408 e. The van der Waals surface area contributed by atoms with E-state index in [1.807, 2.05) is 30.0 Å². The average molecular weight is 318 g/mol. The molecule has 2 heterocycles. The van der Waals surface area contributed by atoms with Gasteiger partial charge in [-0.15, -0.1) is 0 Å². The molecule has 0 bridgehead atoms. The van der Waals surface area contributed by atoms with Crippen LogP contribution >= 0.6 is 0 Å². The van der Waals surface area contributed by atoms with Gasteiger partial charge < -0.3 is 14.1 Å². The van der Waals surface area contributed by atoms with Crippen molar-refractivity contribution in [2.75, 3.05) is 26.3 Å². The summed E-state index contributed by atoms with van der Waals surface area (Å²) in [6.45, 7) is 5.24. The lowest BCUT2D eigenvalue weighted by Crippen LogP contribution is -2.36. The lowest BCUT2D eigenvalue weighted by atomic mass is 10.1. The predicted octanol–water partition coefficient (Wildman–Crippen LogP) is 1.87. The fourth-order valence-electron chi connectivity index (χ4n) is 3.04. The summed E-state index contributed by atoms with van der Waals surface area (Å²) >= 11 is 0. The standard InChI is InChI=1S/C17H22N2O4/c1-2-18(11-13-8-10-22-12-13)16(20)7-9-19-14-5-3-4-6-15(14)23-17(19)21/h3-6,13H,2,7-12H2,1H3/t13-/m1/s1. The van der Waals surface area contributed by atoms with Crippen LogP contribution in [0.3, 0.4) is 0 Å². The SMILES string of the molecule is CCN(C[C@H]1CCOC1)C(=O)CCn1c(=O)oc2ccccc21. The van der Waals surface area contributed by atoms with E-state index in [9.17, 15) is 9.59 Å². The minimum atomic E-state index is -0.411. The van der Waals surface area contributed by atoms with Gasteiger partial charge in [-0.25, -0.2) is 4.79 Å². The molecule has 1 saturated heterocycles. The number of para-hydroxylation sites is 2. The number of nitrogens with zero attached hydrogens (tertiary/aromatic N) is 2. The zero-order valence-electron chi connectivity index (χ0n) is 13.4. The summed E-state index contributed by atoms with van der Waals surface area (Å²) in [7, 11) is 0. The first-order valence-electron chi connectivity index (χ1n) is 8.13. The average Bonchev–Trinajstić information content (AvgIpc) is 3.17. The van der Waals surface area contributed by atoms with E-state index in [1.165, 1.54) is 4.57 Å². The van der Waals surface area contributed by atoms with Gasteiger partial charge in [-0.1, -0.05) is 12.1 Å². The maximum absolute atomic E-state index is 12.4. The number of carbonyl (C=O) groups excluding carboxylic acids is 1. The van der Waals surface area contributed by atoms with Crippen molar-refractivity contribution < 1.29 is 13.9 Å². The third kappa shape index (κ3) is 3.47. The highest BCUT2D eigenvalue weighted by Gasteiger charge is 2.21. The van der Waals surface area contributed by atoms with Gasteiger partial charge >= 0.3 is 5.76 Å². The Kier molecular flexibility index (Phi) is 4.81. The zero-order valence-corrected chi connectivity index (χ0v) is 13.4. The van der Waals surface area contributed by atoms with Crippen molar-refractivity contribution in [3.05, 3.63) is 34.8 Å². The molecule has 0 radical (unpaired) electrons. The van der Waals surface area contributed by atoms with Crippen LogP contribution in [0, 0.1) is 5.92 Å². The molecule has 1 aliphatic rings. The van der Waals surface area contributed by atoms with E-state index in [0.29, 0.717) is 31.0 Å². The normalized spacial score (nSPS) is 17.7. The van der Waals surface area contributed by atoms with Gasteiger partial charge in [0.05, 0.1) is 12.1 Å². The van der Waals surface area contributed by atoms with Crippen molar-refractivity contribution in [1.29, 1.82) is 0 Å². The minimum Gasteiger partial charge on any atom is -0.408 e. The molecular formula is C17H22N2O4. The summed E-state index contributed by atoms with van der Waals surface area (Å²) in [5.41, 5.74) is 1.29. The monoisotopic (exact) mass is 318 g/mol. The van der Waals surface area contributed by atoms with Gasteiger partial charge in [-0.05, 0) is 25.5 Å². The summed E-state index contributed by atoms with van der Waals surface area (Å²) in [6, 6.07) is 7.27. The highest BCUT2D eigenvalue weighted by Crippen LogP contribution is 2.15. The summed E-state index contributed by atoms with van der Waals surface area (Å²) in [5, 5.41) is 0. The van der Waals surface area contributed by atoms with Crippen LogP contribution in [0.15, 0.2) is 33.5 Å². The number of hydrogen-bond donors (Lipinski definition) is 0.